The highest BCUT2D eigenvalue weighted by molar-refractivity contribution is 5.39. The van der Waals surface area contributed by atoms with E-state index in [1.165, 1.54) is 22.3 Å². The minimum atomic E-state index is -0.0547. The zero-order valence-corrected chi connectivity index (χ0v) is 13.8. The molecule has 1 saturated heterocycles. The molecule has 0 spiro atoms. The van der Waals surface area contributed by atoms with Crippen LogP contribution >= 0.6 is 0 Å². The van der Waals surface area contributed by atoms with Crippen LogP contribution in [0, 0.1) is 26.7 Å². The molecule has 2 atom stereocenters. The fourth-order valence-electron chi connectivity index (χ4n) is 3.74. The van der Waals surface area contributed by atoms with E-state index in [9.17, 15) is 0 Å². The molecule has 1 aromatic rings. The van der Waals surface area contributed by atoms with Crippen molar-refractivity contribution in [2.24, 2.45) is 5.92 Å². The van der Waals surface area contributed by atoms with Crippen molar-refractivity contribution in [2.75, 3.05) is 13.1 Å². The van der Waals surface area contributed by atoms with Gasteiger partial charge in [0.15, 0.2) is 0 Å². The van der Waals surface area contributed by atoms with Crippen LogP contribution in [0.1, 0.15) is 55.5 Å². The number of hydrogen-bond acceptors (Lipinski definition) is 2. The van der Waals surface area contributed by atoms with Crippen LogP contribution in [0.4, 0.5) is 0 Å². The first-order valence-electron chi connectivity index (χ1n) is 7.77. The molecule has 0 aromatic heterocycles. The largest absolute Gasteiger partial charge is 0.365 e. The fraction of sp³-hybridized carbons (Fsp3) is 0.667. The Hall–Kier alpha value is -0.860. The molecule has 0 amide bonds. The summed E-state index contributed by atoms with van der Waals surface area (Å²) in [5.41, 5.74) is 5.35. The van der Waals surface area contributed by atoms with Gasteiger partial charge in [0.05, 0.1) is 11.7 Å². The summed E-state index contributed by atoms with van der Waals surface area (Å²) in [6.07, 6.45) is 1.27. The van der Waals surface area contributed by atoms with E-state index in [0.717, 1.165) is 19.5 Å². The number of rotatable bonds is 3. The zero-order valence-electron chi connectivity index (χ0n) is 13.8. The molecular formula is C18H29NO. The third-order valence-electron chi connectivity index (χ3n) is 4.16. The van der Waals surface area contributed by atoms with Crippen molar-refractivity contribution in [1.82, 2.24) is 5.32 Å². The molecule has 2 nitrogen and oxygen atoms in total. The third kappa shape index (κ3) is 3.42. The molecule has 2 heteroatoms. The number of hydrogen-bond donors (Lipinski definition) is 1. The van der Waals surface area contributed by atoms with Gasteiger partial charge in [-0.15, -0.1) is 0 Å². The maximum absolute atomic E-state index is 6.51. The highest BCUT2D eigenvalue weighted by atomic mass is 16.5. The minimum Gasteiger partial charge on any atom is -0.365 e. The predicted octanol–water partition coefficient (Wildman–Crippen LogP) is 4.08. The quantitative estimate of drug-likeness (QED) is 0.897. The molecule has 0 aliphatic carbocycles. The summed E-state index contributed by atoms with van der Waals surface area (Å²) in [6.45, 7) is 15.2. The maximum atomic E-state index is 6.51. The second-order valence-electron chi connectivity index (χ2n) is 7.10. The smallest absolute Gasteiger partial charge is 0.0962 e. The van der Waals surface area contributed by atoms with Gasteiger partial charge in [0, 0.05) is 13.1 Å². The van der Waals surface area contributed by atoms with Crippen molar-refractivity contribution >= 4 is 0 Å². The lowest BCUT2D eigenvalue weighted by Gasteiger charge is -2.41. The van der Waals surface area contributed by atoms with Crippen molar-refractivity contribution < 1.29 is 4.74 Å². The zero-order chi connectivity index (χ0) is 14.9. The summed E-state index contributed by atoms with van der Waals surface area (Å²) < 4.78 is 6.51. The SMILES string of the molecule is Cc1cc(C)c(C2CNCC(C)(CC(C)C)O2)c(C)c1. The van der Waals surface area contributed by atoms with E-state index in [2.05, 4.69) is 59.0 Å². The van der Waals surface area contributed by atoms with Crippen LogP contribution < -0.4 is 5.32 Å². The molecule has 0 bridgehead atoms. The number of benzene rings is 1. The minimum absolute atomic E-state index is 0.0547. The van der Waals surface area contributed by atoms with Gasteiger partial charge in [-0.1, -0.05) is 31.5 Å². The summed E-state index contributed by atoms with van der Waals surface area (Å²) in [5.74, 6) is 0.653. The lowest BCUT2D eigenvalue weighted by Crippen LogP contribution is -2.49. The number of nitrogens with one attached hydrogen (secondary N) is 1. The van der Waals surface area contributed by atoms with Crippen LogP contribution in [-0.4, -0.2) is 18.7 Å². The average molecular weight is 275 g/mol. The van der Waals surface area contributed by atoms with E-state index in [0.29, 0.717) is 5.92 Å². The summed E-state index contributed by atoms with van der Waals surface area (Å²) in [5, 5.41) is 3.57. The van der Waals surface area contributed by atoms with Crippen molar-refractivity contribution in [3.63, 3.8) is 0 Å². The molecule has 1 N–H and O–H groups in total. The number of morpholine rings is 1. The second kappa shape index (κ2) is 5.87. The Balaban J connectivity index is 2.25. The standard InChI is InChI=1S/C18H29NO/c1-12(2)9-18(6)11-19-10-16(20-18)17-14(4)7-13(3)8-15(17)5/h7-8,12,16,19H,9-11H2,1-6H3. The molecule has 1 aliphatic heterocycles. The molecule has 1 fully saturated rings. The normalized spacial score (nSPS) is 27.1. The maximum Gasteiger partial charge on any atom is 0.0962 e. The van der Waals surface area contributed by atoms with Crippen molar-refractivity contribution in [3.05, 3.63) is 34.4 Å². The Morgan fingerprint density at radius 3 is 2.40 bits per heavy atom. The summed E-state index contributed by atoms with van der Waals surface area (Å²) in [6, 6.07) is 4.53. The average Bonchev–Trinajstić information content (AvgIpc) is 2.25. The van der Waals surface area contributed by atoms with Gasteiger partial charge in [0.2, 0.25) is 0 Å². The first kappa shape index (κ1) is 15.5. The third-order valence-corrected chi connectivity index (χ3v) is 4.16. The highest BCUT2D eigenvalue weighted by Gasteiger charge is 2.35. The van der Waals surface area contributed by atoms with Crippen LogP contribution in [0.2, 0.25) is 0 Å². The molecule has 2 unspecified atom stereocenters. The molecule has 1 aromatic carbocycles. The molecule has 1 aliphatic rings. The molecule has 20 heavy (non-hydrogen) atoms. The van der Waals surface area contributed by atoms with Crippen LogP contribution in [0.15, 0.2) is 12.1 Å². The topological polar surface area (TPSA) is 21.3 Å². The van der Waals surface area contributed by atoms with Crippen molar-refractivity contribution in [3.8, 4) is 0 Å². The molecule has 2 rings (SSSR count). The molecule has 0 saturated carbocycles. The monoisotopic (exact) mass is 275 g/mol. The molecule has 1 heterocycles. The van der Waals surface area contributed by atoms with Crippen LogP contribution in [-0.2, 0) is 4.74 Å². The van der Waals surface area contributed by atoms with Gasteiger partial charge in [-0.2, -0.15) is 0 Å². The summed E-state index contributed by atoms with van der Waals surface area (Å²) in [4.78, 5) is 0. The lowest BCUT2D eigenvalue weighted by molar-refractivity contribution is -0.117. The highest BCUT2D eigenvalue weighted by Crippen LogP contribution is 2.34. The van der Waals surface area contributed by atoms with Gasteiger partial charge >= 0.3 is 0 Å². The summed E-state index contributed by atoms with van der Waals surface area (Å²) in [7, 11) is 0. The van der Waals surface area contributed by atoms with Gasteiger partial charge in [0.25, 0.3) is 0 Å². The van der Waals surface area contributed by atoms with E-state index >= 15 is 0 Å². The molecule has 0 radical (unpaired) electrons. The Morgan fingerprint density at radius 1 is 1.25 bits per heavy atom. The van der Waals surface area contributed by atoms with Gasteiger partial charge < -0.3 is 10.1 Å². The summed E-state index contributed by atoms with van der Waals surface area (Å²) >= 11 is 0. The van der Waals surface area contributed by atoms with Crippen LogP contribution in [0.5, 0.6) is 0 Å². The number of ether oxygens (including phenoxy) is 1. The van der Waals surface area contributed by atoms with Gasteiger partial charge in [0.1, 0.15) is 0 Å². The number of aryl methyl sites for hydroxylation is 3. The first-order chi connectivity index (χ1) is 9.31. The van der Waals surface area contributed by atoms with Crippen molar-refractivity contribution in [2.45, 2.75) is 59.7 Å². The van der Waals surface area contributed by atoms with Gasteiger partial charge in [-0.3, -0.25) is 0 Å². The Labute approximate surface area is 123 Å². The first-order valence-corrected chi connectivity index (χ1v) is 7.77. The Morgan fingerprint density at radius 2 is 1.85 bits per heavy atom. The van der Waals surface area contributed by atoms with Gasteiger partial charge in [-0.05, 0) is 56.7 Å². The second-order valence-corrected chi connectivity index (χ2v) is 7.10. The van der Waals surface area contributed by atoms with Crippen LogP contribution in [0.3, 0.4) is 0 Å². The van der Waals surface area contributed by atoms with E-state index in [4.69, 9.17) is 4.74 Å². The Kier molecular flexibility index (Phi) is 4.55. The van der Waals surface area contributed by atoms with Gasteiger partial charge in [-0.25, -0.2) is 0 Å². The van der Waals surface area contributed by atoms with Crippen molar-refractivity contribution in [1.29, 1.82) is 0 Å². The lowest BCUT2D eigenvalue weighted by atomic mass is 9.89. The molecule has 112 valence electrons. The van der Waals surface area contributed by atoms with E-state index in [1.54, 1.807) is 0 Å². The Bertz CT molecular complexity index is 457. The predicted molar refractivity (Wildman–Crippen MR) is 85.2 cm³/mol. The molecular weight excluding hydrogens is 246 g/mol. The van der Waals surface area contributed by atoms with E-state index in [-0.39, 0.29) is 11.7 Å². The van der Waals surface area contributed by atoms with E-state index in [1.807, 2.05) is 0 Å². The van der Waals surface area contributed by atoms with Crippen LogP contribution in [0.25, 0.3) is 0 Å². The van der Waals surface area contributed by atoms with E-state index < -0.39 is 0 Å². The fourth-order valence-corrected chi connectivity index (χ4v) is 3.74.